The molecule has 31 heavy (non-hydrogen) atoms. The molecular weight excluding hydrogens is 566 g/mol. The van der Waals surface area contributed by atoms with Crippen molar-refractivity contribution >= 4 is 57.6 Å². The first kappa shape index (κ1) is 24.0. The third-order valence-corrected chi connectivity index (χ3v) is 10.2. The molecule has 5 nitrogen and oxygen atoms in total. The second-order valence-electron chi connectivity index (χ2n) is 6.98. The molecular formula is C22H21Br2NO4S2. The zero-order valence-corrected chi connectivity index (χ0v) is 21.7. The average molecular weight is 587 g/mol. The Bertz CT molecular complexity index is 1200. The lowest BCUT2D eigenvalue weighted by atomic mass is 9.97. The van der Waals surface area contributed by atoms with Gasteiger partial charge in [-0.1, -0.05) is 63.9 Å². The van der Waals surface area contributed by atoms with Gasteiger partial charge in [-0.25, -0.2) is 16.8 Å². The fraction of sp³-hybridized carbons (Fsp3) is 0.182. The third-order valence-electron chi connectivity index (χ3n) is 4.94. The highest BCUT2D eigenvalue weighted by Crippen LogP contribution is 2.37. The van der Waals surface area contributed by atoms with Crippen LogP contribution < -0.4 is 3.71 Å². The molecule has 3 rings (SSSR count). The van der Waals surface area contributed by atoms with E-state index in [9.17, 15) is 16.8 Å². The molecule has 3 aromatic rings. The second-order valence-corrected chi connectivity index (χ2v) is 12.6. The predicted molar refractivity (Wildman–Crippen MR) is 130 cm³/mol. The zero-order valence-electron chi connectivity index (χ0n) is 16.9. The van der Waals surface area contributed by atoms with Gasteiger partial charge in [0.25, 0.3) is 20.0 Å². The van der Waals surface area contributed by atoms with E-state index in [4.69, 9.17) is 0 Å². The first-order chi connectivity index (χ1) is 14.6. The van der Waals surface area contributed by atoms with Crippen LogP contribution in [0, 0.1) is 0 Å². The van der Waals surface area contributed by atoms with Gasteiger partial charge in [-0.2, -0.15) is 3.71 Å². The van der Waals surface area contributed by atoms with Gasteiger partial charge in [-0.3, -0.25) is 0 Å². The summed E-state index contributed by atoms with van der Waals surface area (Å²) in [6.07, 6.45) is 0.724. The highest BCUT2D eigenvalue weighted by atomic mass is 79.9. The Labute approximate surface area is 200 Å². The summed E-state index contributed by atoms with van der Waals surface area (Å²) in [5.41, 5.74) is 0.772. The van der Waals surface area contributed by atoms with E-state index in [1.807, 2.05) is 13.8 Å². The summed E-state index contributed by atoms with van der Waals surface area (Å²) in [5.74, 6) is -0.0427. The molecule has 0 N–H and O–H groups in total. The summed E-state index contributed by atoms with van der Waals surface area (Å²) in [4.78, 5) is -0.231. The van der Waals surface area contributed by atoms with Crippen LogP contribution in [-0.2, 0) is 20.0 Å². The average Bonchev–Trinajstić information content (AvgIpc) is 2.74. The molecule has 0 aliphatic carbocycles. The van der Waals surface area contributed by atoms with Crippen molar-refractivity contribution in [2.45, 2.75) is 36.0 Å². The van der Waals surface area contributed by atoms with Crippen molar-refractivity contribution in [3.05, 3.63) is 87.3 Å². The van der Waals surface area contributed by atoms with E-state index in [0.29, 0.717) is 18.2 Å². The minimum Gasteiger partial charge on any atom is -0.200 e. The van der Waals surface area contributed by atoms with Gasteiger partial charge in [-0.05, 0) is 72.5 Å². The lowest BCUT2D eigenvalue weighted by Gasteiger charge is -2.27. The largest absolute Gasteiger partial charge is 0.277 e. The van der Waals surface area contributed by atoms with E-state index >= 15 is 0 Å². The van der Waals surface area contributed by atoms with Crippen LogP contribution in [-0.4, -0.2) is 16.8 Å². The first-order valence-corrected chi connectivity index (χ1v) is 14.0. The summed E-state index contributed by atoms with van der Waals surface area (Å²) < 4.78 is 56.8. The lowest BCUT2D eigenvalue weighted by Crippen LogP contribution is -2.37. The molecule has 0 heterocycles. The van der Waals surface area contributed by atoms with Gasteiger partial charge in [0, 0.05) is 8.95 Å². The predicted octanol–water partition coefficient (Wildman–Crippen LogP) is 6.31. The van der Waals surface area contributed by atoms with Gasteiger partial charge in [0.05, 0.1) is 15.5 Å². The second kappa shape index (κ2) is 9.44. The molecule has 1 atom stereocenters. The van der Waals surface area contributed by atoms with Crippen LogP contribution in [0.2, 0.25) is 0 Å². The van der Waals surface area contributed by atoms with Crippen LogP contribution in [0.15, 0.2) is 91.5 Å². The molecule has 0 bridgehead atoms. The van der Waals surface area contributed by atoms with Crippen molar-refractivity contribution in [3.63, 3.8) is 0 Å². The number of benzene rings is 3. The Morgan fingerprint density at radius 2 is 1.16 bits per heavy atom. The maximum atomic E-state index is 13.7. The van der Waals surface area contributed by atoms with Crippen molar-refractivity contribution < 1.29 is 16.8 Å². The quantitative estimate of drug-likeness (QED) is 0.325. The SMILES string of the molecule is CCC(C)c1ccccc1N(S(=O)(=O)c1ccc(Br)cc1)S(=O)(=O)c1ccc(Br)cc1. The van der Waals surface area contributed by atoms with Gasteiger partial charge in [-0.15, -0.1) is 0 Å². The topological polar surface area (TPSA) is 71.5 Å². The van der Waals surface area contributed by atoms with Crippen LogP contribution in [0.4, 0.5) is 5.69 Å². The molecule has 0 aromatic heterocycles. The van der Waals surface area contributed by atoms with Crippen molar-refractivity contribution in [2.24, 2.45) is 0 Å². The van der Waals surface area contributed by atoms with Crippen molar-refractivity contribution in [1.29, 1.82) is 0 Å². The molecule has 0 fully saturated rings. The fourth-order valence-corrected chi connectivity index (χ4v) is 7.36. The van der Waals surface area contributed by atoms with Crippen molar-refractivity contribution in [1.82, 2.24) is 0 Å². The number of hydrogen-bond donors (Lipinski definition) is 0. The Hall–Kier alpha value is -1.68. The molecule has 0 saturated heterocycles. The molecule has 0 spiro atoms. The van der Waals surface area contributed by atoms with Gasteiger partial charge in [0.15, 0.2) is 0 Å². The summed E-state index contributed by atoms with van der Waals surface area (Å²) in [7, 11) is -8.88. The minimum absolute atomic E-state index is 0.0427. The van der Waals surface area contributed by atoms with E-state index in [1.54, 1.807) is 42.5 Å². The highest BCUT2D eigenvalue weighted by molar-refractivity contribution is 9.10. The normalized spacial score (nSPS) is 13.0. The molecule has 0 aliphatic rings. The van der Waals surface area contributed by atoms with Gasteiger partial charge in [0.2, 0.25) is 0 Å². The number of para-hydroxylation sites is 1. The molecule has 0 saturated carbocycles. The van der Waals surface area contributed by atoms with Crippen LogP contribution in [0.5, 0.6) is 0 Å². The number of rotatable bonds is 7. The molecule has 164 valence electrons. The van der Waals surface area contributed by atoms with E-state index in [2.05, 4.69) is 31.9 Å². The number of nitrogens with zero attached hydrogens (tertiary/aromatic N) is 1. The molecule has 0 amide bonds. The van der Waals surface area contributed by atoms with Gasteiger partial charge >= 0.3 is 0 Å². The summed E-state index contributed by atoms with van der Waals surface area (Å²) >= 11 is 6.57. The van der Waals surface area contributed by atoms with Crippen LogP contribution in [0.25, 0.3) is 0 Å². The van der Waals surface area contributed by atoms with E-state index in [1.165, 1.54) is 30.3 Å². The number of anilines is 1. The fourth-order valence-electron chi connectivity index (χ4n) is 3.08. The maximum absolute atomic E-state index is 13.7. The Balaban J connectivity index is 2.33. The Morgan fingerprint density at radius 3 is 1.58 bits per heavy atom. The number of hydrogen-bond acceptors (Lipinski definition) is 4. The number of sulfonamides is 2. The standard InChI is InChI=1S/C22H21Br2NO4S2/c1-3-16(2)21-6-4-5-7-22(21)25(30(26,27)19-12-8-17(23)9-13-19)31(28,29)20-14-10-18(24)11-15-20/h4-16H,3H2,1-2H3. The summed E-state index contributed by atoms with van der Waals surface area (Å²) in [5, 5.41) is 0. The van der Waals surface area contributed by atoms with Crippen molar-refractivity contribution in [3.8, 4) is 0 Å². The third kappa shape index (κ3) is 4.89. The van der Waals surface area contributed by atoms with Gasteiger partial charge in [0.1, 0.15) is 0 Å². The maximum Gasteiger partial charge on any atom is 0.277 e. The van der Waals surface area contributed by atoms with Gasteiger partial charge < -0.3 is 0 Å². The highest BCUT2D eigenvalue weighted by Gasteiger charge is 2.38. The van der Waals surface area contributed by atoms with E-state index < -0.39 is 20.0 Å². The Kier molecular flexibility index (Phi) is 7.30. The molecule has 0 aliphatic heterocycles. The van der Waals surface area contributed by atoms with E-state index in [-0.39, 0.29) is 21.4 Å². The lowest BCUT2D eigenvalue weighted by molar-refractivity contribution is 0.583. The monoisotopic (exact) mass is 585 g/mol. The van der Waals surface area contributed by atoms with Crippen LogP contribution >= 0.6 is 31.9 Å². The number of halogens is 2. The zero-order chi connectivity index (χ0) is 22.8. The molecule has 9 heteroatoms. The minimum atomic E-state index is -4.44. The van der Waals surface area contributed by atoms with Crippen molar-refractivity contribution in [2.75, 3.05) is 3.71 Å². The summed E-state index contributed by atoms with van der Waals surface area (Å²) in [6, 6.07) is 18.5. The molecule has 1 unspecified atom stereocenters. The Morgan fingerprint density at radius 1 is 0.742 bits per heavy atom. The molecule has 0 radical (unpaired) electrons. The first-order valence-electron chi connectivity index (χ1n) is 9.49. The smallest absolute Gasteiger partial charge is 0.200 e. The van der Waals surface area contributed by atoms with Crippen LogP contribution in [0.3, 0.4) is 0 Å². The summed E-state index contributed by atoms with van der Waals surface area (Å²) in [6.45, 7) is 3.91. The van der Waals surface area contributed by atoms with E-state index in [0.717, 1.165) is 6.42 Å². The van der Waals surface area contributed by atoms with Crippen LogP contribution in [0.1, 0.15) is 31.7 Å². The molecule has 3 aromatic carbocycles.